The largest absolute Gasteiger partial charge is 0.349 e. The molecule has 0 saturated carbocycles. The molecular weight excluding hydrogens is 366 g/mol. The Morgan fingerprint density at radius 2 is 2.18 bits per heavy atom. The monoisotopic (exact) mass is 381 g/mol. The fourth-order valence-corrected chi connectivity index (χ4v) is 3.46. The molecule has 0 aliphatic rings. The van der Waals surface area contributed by atoms with Crippen molar-refractivity contribution in [3.8, 4) is 0 Å². The summed E-state index contributed by atoms with van der Waals surface area (Å²) >= 11 is 8.23. The number of hydrogen-bond acceptors (Lipinski definition) is 2. The summed E-state index contributed by atoms with van der Waals surface area (Å²) in [5, 5.41) is 3.03. The van der Waals surface area contributed by atoms with Crippen LogP contribution < -0.4 is 5.32 Å². The Bertz CT molecular complexity index is 359. The van der Waals surface area contributed by atoms with E-state index in [-0.39, 0.29) is 11.9 Å². The minimum atomic E-state index is 0.0189. The highest BCUT2D eigenvalue weighted by Gasteiger charge is 2.13. The van der Waals surface area contributed by atoms with Gasteiger partial charge in [0.15, 0.2) is 0 Å². The molecule has 1 aromatic heterocycles. The number of unbranched alkanes of at least 4 members (excludes halogenated alkanes) is 2. The second-order valence-corrected chi connectivity index (χ2v) is 7.33. The van der Waals surface area contributed by atoms with Crippen LogP contribution >= 0.6 is 43.2 Å². The van der Waals surface area contributed by atoms with Gasteiger partial charge < -0.3 is 5.32 Å². The third-order valence-corrected chi connectivity index (χ3v) is 5.74. The summed E-state index contributed by atoms with van der Waals surface area (Å²) in [5.74, 6) is 0.0189. The maximum absolute atomic E-state index is 11.9. The van der Waals surface area contributed by atoms with Crippen LogP contribution in [0, 0.1) is 0 Å². The molecular formula is C12H17Br2NOS. The Balaban J connectivity index is 2.43. The third kappa shape index (κ3) is 5.10. The minimum Gasteiger partial charge on any atom is -0.349 e. The highest BCUT2D eigenvalue weighted by atomic mass is 79.9. The number of nitrogens with one attached hydrogen (secondary N) is 1. The van der Waals surface area contributed by atoms with E-state index in [1.54, 1.807) is 0 Å². The molecule has 0 fully saturated rings. The summed E-state index contributed by atoms with van der Waals surface area (Å²) in [5.41, 5.74) is 0. The molecule has 17 heavy (non-hydrogen) atoms. The molecule has 0 aliphatic heterocycles. The smallest absolute Gasteiger partial charge is 0.261 e. The fourth-order valence-electron chi connectivity index (χ4n) is 1.53. The van der Waals surface area contributed by atoms with Gasteiger partial charge in [0, 0.05) is 10.5 Å². The van der Waals surface area contributed by atoms with Crippen LogP contribution in [0.25, 0.3) is 0 Å². The van der Waals surface area contributed by atoms with Crippen molar-refractivity contribution in [2.45, 2.75) is 45.6 Å². The van der Waals surface area contributed by atoms with E-state index in [0.29, 0.717) is 0 Å². The Morgan fingerprint density at radius 3 is 2.71 bits per heavy atom. The Morgan fingerprint density at radius 1 is 1.47 bits per heavy atom. The zero-order valence-electron chi connectivity index (χ0n) is 10.1. The van der Waals surface area contributed by atoms with Crippen molar-refractivity contribution < 1.29 is 4.79 Å². The lowest BCUT2D eigenvalue weighted by Crippen LogP contribution is -2.31. The SMILES string of the molecule is CCCCC[C@@H](C)NC(=O)c1cc(Br)c(Br)s1. The number of halogens is 2. The molecule has 96 valence electrons. The van der Waals surface area contributed by atoms with Gasteiger partial charge in [-0.1, -0.05) is 26.2 Å². The minimum absolute atomic E-state index is 0.0189. The first-order valence-corrected chi connectivity index (χ1v) is 8.20. The van der Waals surface area contributed by atoms with Crippen molar-refractivity contribution in [2.75, 3.05) is 0 Å². The summed E-state index contributed by atoms with van der Waals surface area (Å²) in [6.07, 6.45) is 4.67. The topological polar surface area (TPSA) is 29.1 Å². The van der Waals surface area contributed by atoms with Gasteiger partial charge in [-0.3, -0.25) is 4.79 Å². The van der Waals surface area contributed by atoms with Crippen LogP contribution in [0.4, 0.5) is 0 Å². The quantitative estimate of drug-likeness (QED) is 0.691. The molecule has 0 unspecified atom stereocenters. The van der Waals surface area contributed by atoms with E-state index < -0.39 is 0 Å². The van der Waals surface area contributed by atoms with Crippen molar-refractivity contribution in [3.63, 3.8) is 0 Å². The molecule has 1 heterocycles. The van der Waals surface area contributed by atoms with Gasteiger partial charge in [0.1, 0.15) is 0 Å². The zero-order chi connectivity index (χ0) is 12.8. The number of carbonyl (C=O) groups is 1. The third-order valence-electron chi connectivity index (χ3n) is 2.49. The first kappa shape index (κ1) is 15.2. The molecule has 0 saturated heterocycles. The summed E-state index contributed by atoms with van der Waals surface area (Å²) < 4.78 is 1.90. The van der Waals surface area contributed by atoms with E-state index in [1.807, 2.05) is 6.07 Å². The summed E-state index contributed by atoms with van der Waals surface area (Å²) in [6, 6.07) is 2.09. The van der Waals surface area contributed by atoms with E-state index in [0.717, 1.165) is 19.6 Å². The van der Waals surface area contributed by atoms with E-state index >= 15 is 0 Å². The number of carbonyl (C=O) groups excluding carboxylic acids is 1. The van der Waals surface area contributed by atoms with Crippen LogP contribution in [0.5, 0.6) is 0 Å². The van der Waals surface area contributed by atoms with Gasteiger partial charge in [-0.25, -0.2) is 0 Å². The van der Waals surface area contributed by atoms with Crippen LogP contribution in [-0.4, -0.2) is 11.9 Å². The first-order chi connectivity index (χ1) is 8.04. The van der Waals surface area contributed by atoms with Crippen molar-refractivity contribution in [2.24, 2.45) is 0 Å². The van der Waals surface area contributed by atoms with Gasteiger partial charge in [-0.15, -0.1) is 11.3 Å². The van der Waals surface area contributed by atoms with Crippen LogP contribution in [0.15, 0.2) is 14.3 Å². The fraction of sp³-hybridized carbons (Fsp3) is 0.583. The predicted octanol–water partition coefficient (Wildman–Crippen LogP) is 4.97. The van der Waals surface area contributed by atoms with E-state index in [4.69, 9.17) is 0 Å². The van der Waals surface area contributed by atoms with Gasteiger partial charge >= 0.3 is 0 Å². The van der Waals surface area contributed by atoms with Crippen molar-refractivity contribution in [1.29, 1.82) is 0 Å². The highest BCUT2D eigenvalue weighted by molar-refractivity contribution is 9.13. The van der Waals surface area contributed by atoms with E-state index in [1.165, 1.54) is 30.6 Å². The molecule has 1 rings (SSSR count). The standard InChI is InChI=1S/C12H17Br2NOS/c1-3-4-5-6-8(2)15-12(16)10-7-9(13)11(14)17-10/h7-8H,3-6H2,1-2H3,(H,15,16)/t8-/m1/s1. The highest BCUT2D eigenvalue weighted by Crippen LogP contribution is 2.32. The molecule has 5 heteroatoms. The maximum Gasteiger partial charge on any atom is 0.261 e. The summed E-state index contributed by atoms with van der Waals surface area (Å²) in [6.45, 7) is 4.25. The normalized spacial score (nSPS) is 12.5. The lowest BCUT2D eigenvalue weighted by molar-refractivity contribution is 0.0942. The molecule has 0 bridgehead atoms. The Hall–Kier alpha value is 0.130. The molecule has 0 aromatic carbocycles. The molecule has 2 nitrogen and oxygen atoms in total. The average Bonchev–Trinajstić information content (AvgIpc) is 2.60. The van der Waals surface area contributed by atoms with Gasteiger partial charge in [0.2, 0.25) is 0 Å². The second kappa shape index (κ2) is 7.54. The van der Waals surface area contributed by atoms with Crippen LogP contribution in [0.2, 0.25) is 0 Å². The van der Waals surface area contributed by atoms with E-state index in [2.05, 4.69) is 51.0 Å². The van der Waals surface area contributed by atoms with Crippen molar-refractivity contribution in [1.82, 2.24) is 5.32 Å². The Labute approximate surface area is 123 Å². The van der Waals surface area contributed by atoms with Gasteiger partial charge in [0.25, 0.3) is 5.91 Å². The maximum atomic E-state index is 11.9. The van der Waals surface area contributed by atoms with Crippen LogP contribution in [0.1, 0.15) is 49.2 Å². The molecule has 0 spiro atoms. The van der Waals surface area contributed by atoms with Crippen LogP contribution in [0.3, 0.4) is 0 Å². The average molecular weight is 383 g/mol. The number of hydrogen-bond donors (Lipinski definition) is 1. The number of rotatable bonds is 6. The van der Waals surface area contributed by atoms with Crippen LogP contribution in [-0.2, 0) is 0 Å². The number of thiophene rings is 1. The van der Waals surface area contributed by atoms with Gasteiger partial charge in [-0.05, 0) is 51.3 Å². The second-order valence-electron chi connectivity index (χ2n) is 4.10. The van der Waals surface area contributed by atoms with Crippen molar-refractivity contribution >= 4 is 49.1 Å². The summed E-state index contributed by atoms with van der Waals surface area (Å²) in [7, 11) is 0. The summed E-state index contributed by atoms with van der Waals surface area (Å²) in [4.78, 5) is 12.7. The number of amides is 1. The van der Waals surface area contributed by atoms with Gasteiger partial charge in [0.05, 0.1) is 8.66 Å². The molecule has 0 aliphatic carbocycles. The molecule has 1 aromatic rings. The Kier molecular flexibility index (Phi) is 6.74. The lowest BCUT2D eigenvalue weighted by Gasteiger charge is -2.12. The molecule has 1 amide bonds. The predicted molar refractivity (Wildman–Crippen MR) is 80.8 cm³/mol. The molecule has 0 radical (unpaired) electrons. The van der Waals surface area contributed by atoms with Crippen molar-refractivity contribution in [3.05, 3.63) is 19.2 Å². The molecule has 1 N–H and O–H groups in total. The molecule has 1 atom stereocenters. The lowest BCUT2D eigenvalue weighted by atomic mass is 10.1. The first-order valence-electron chi connectivity index (χ1n) is 5.80. The zero-order valence-corrected chi connectivity index (χ0v) is 14.0. The van der Waals surface area contributed by atoms with Gasteiger partial charge in [-0.2, -0.15) is 0 Å². The van der Waals surface area contributed by atoms with E-state index in [9.17, 15) is 4.79 Å².